The lowest BCUT2D eigenvalue weighted by Crippen LogP contribution is -2.33. The largest absolute Gasteiger partial charge is 0.302 e. The summed E-state index contributed by atoms with van der Waals surface area (Å²) in [6.07, 6.45) is 10.5. The molecule has 0 unspecified atom stereocenters. The molecule has 0 saturated heterocycles. The van der Waals surface area contributed by atoms with E-state index in [2.05, 4.69) is 17.7 Å². The van der Waals surface area contributed by atoms with Gasteiger partial charge in [-0.15, -0.1) is 12.3 Å². The second-order valence-corrected chi connectivity index (χ2v) is 3.64. The van der Waals surface area contributed by atoms with E-state index in [1.807, 2.05) is 0 Å². The average molecular weight is 165 g/mol. The number of nitrogens with zero attached hydrogens (tertiary/aromatic N) is 1. The minimum absolute atomic E-state index is 0.903. The summed E-state index contributed by atoms with van der Waals surface area (Å²) >= 11 is 0. The Balaban J connectivity index is 2.11. The second-order valence-electron chi connectivity index (χ2n) is 3.64. The van der Waals surface area contributed by atoms with Crippen molar-refractivity contribution in [2.24, 2.45) is 5.92 Å². The van der Waals surface area contributed by atoms with Gasteiger partial charge in [-0.1, -0.05) is 13.3 Å². The Morgan fingerprint density at radius 3 is 2.67 bits per heavy atom. The highest BCUT2D eigenvalue weighted by atomic mass is 15.1. The first-order valence-corrected chi connectivity index (χ1v) is 5.02. The van der Waals surface area contributed by atoms with Gasteiger partial charge >= 0.3 is 0 Å². The molecular weight excluding hydrogens is 146 g/mol. The van der Waals surface area contributed by atoms with Crippen molar-refractivity contribution in [3.63, 3.8) is 0 Å². The topological polar surface area (TPSA) is 3.24 Å². The van der Waals surface area contributed by atoms with Gasteiger partial charge in [-0.05, 0) is 25.3 Å². The lowest BCUT2D eigenvalue weighted by atomic mass is 9.85. The van der Waals surface area contributed by atoms with Gasteiger partial charge in [0, 0.05) is 19.5 Å². The molecule has 1 aliphatic carbocycles. The Labute approximate surface area is 76.1 Å². The second kappa shape index (κ2) is 5.22. The summed E-state index contributed by atoms with van der Waals surface area (Å²) in [5.74, 6) is 3.67. The Morgan fingerprint density at radius 1 is 1.50 bits per heavy atom. The average Bonchev–Trinajstić information content (AvgIpc) is 2.02. The van der Waals surface area contributed by atoms with Crippen molar-refractivity contribution in [2.45, 2.75) is 32.6 Å². The Hall–Kier alpha value is -0.480. The van der Waals surface area contributed by atoms with Crippen molar-refractivity contribution in [1.82, 2.24) is 4.90 Å². The summed E-state index contributed by atoms with van der Waals surface area (Å²) in [5.41, 5.74) is 0. The minimum Gasteiger partial charge on any atom is -0.302 e. The molecule has 68 valence electrons. The molecule has 0 amide bonds. The normalized spacial score (nSPS) is 17.4. The number of hydrogen-bond donors (Lipinski definition) is 0. The first-order valence-electron chi connectivity index (χ1n) is 5.02. The summed E-state index contributed by atoms with van der Waals surface area (Å²) in [6.45, 7) is 5.73. The van der Waals surface area contributed by atoms with Crippen LogP contribution < -0.4 is 0 Å². The molecule has 0 atom stereocenters. The minimum atomic E-state index is 0.903. The molecule has 12 heavy (non-hydrogen) atoms. The van der Waals surface area contributed by atoms with E-state index in [1.54, 1.807) is 0 Å². The third-order valence-corrected chi connectivity index (χ3v) is 2.76. The summed E-state index contributed by atoms with van der Waals surface area (Å²) < 4.78 is 0. The molecule has 0 radical (unpaired) electrons. The monoisotopic (exact) mass is 165 g/mol. The highest BCUT2D eigenvalue weighted by Gasteiger charge is 2.19. The van der Waals surface area contributed by atoms with E-state index in [-0.39, 0.29) is 0 Å². The van der Waals surface area contributed by atoms with Crippen LogP contribution in [0.5, 0.6) is 0 Å². The first-order chi connectivity index (χ1) is 5.86. The third-order valence-electron chi connectivity index (χ3n) is 2.76. The molecule has 1 fully saturated rings. The quantitative estimate of drug-likeness (QED) is 0.564. The van der Waals surface area contributed by atoms with Gasteiger partial charge in [0.1, 0.15) is 0 Å². The maximum atomic E-state index is 5.23. The van der Waals surface area contributed by atoms with Gasteiger partial charge in [0.25, 0.3) is 0 Å². The standard InChI is InChI=1S/C11H19N/c1-3-5-9-12(4-2)10-11-7-6-8-11/h1,11H,4-10H2,2H3. The van der Waals surface area contributed by atoms with Gasteiger partial charge in [0.05, 0.1) is 0 Å². The predicted octanol–water partition coefficient (Wildman–Crippen LogP) is 2.13. The Kier molecular flexibility index (Phi) is 4.18. The van der Waals surface area contributed by atoms with E-state index in [1.165, 1.54) is 25.8 Å². The maximum absolute atomic E-state index is 5.23. The SMILES string of the molecule is C#CCCN(CC)CC1CCC1. The molecule has 1 saturated carbocycles. The number of rotatable bonds is 5. The van der Waals surface area contributed by atoms with Crippen LogP contribution in [0.1, 0.15) is 32.6 Å². The molecular formula is C11H19N. The fraction of sp³-hybridized carbons (Fsp3) is 0.818. The molecule has 0 heterocycles. The van der Waals surface area contributed by atoms with Gasteiger partial charge in [-0.3, -0.25) is 0 Å². The van der Waals surface area contributed by atoms with Crippen LogP contribution >= 0.6 is 0 Å². The molecule has 0 aliphatic heterocycles. The lowest BCUT2D eigenvalue weighted by molar-refractivity contribution is 0.187. The fourth-order valence-corrected chi connectivity index (χ4v) is 1.64. The van der Waals surface area contributed by atoms with Crippen molar-refractivity contribution in [1.29, 1.82) is 0 Å². The van der Waals surface area contributed by atoms with Crippen molar-refractivity contribution >= 4 is 0 Å². The van der Waals surface area contributed by atoms with Gasteiger partial charge in [0.2, 0.25) is 0 Å². The number of hydrogen-bond acceptors (Lipinski definition) is 1. The van der Waals surface area contributed by atoms with Crippen molar-refractivity contribution in [3.05, 3.63) is 0 Å². The van der Waals surface area contributed by atoms with Gasteiger partial charge in [-0.25, -0.2) is 0 Å². The molecule has 0 spiro atoms. The summed E-state index contributed by atoms with van der Waals surface area (Å²) in [6, 6.07) is 0. The highest BCUT2D eigenvalue weighted by molar-refractivity contribution is 4.85. The van der Waals surface area contributed by atoms with Gasteiger partial charge in [0.15, 0.2) is 0 Å². The molecule has 1 heteroatoms. The maximum Gasteiger partial charge on any atom is 0.0214 e. The molecule has 0 N–H and O–H groups in total. The molecule has 0 aromatic heterocycles. The van der Waals surface area contributed by atoms with Gasteiger partial charge in [-0.2, -0.15) is 0 Å². The molecule has 0 aromatic rings. The van der Waals surface area contributed by atoms with Crippen molar-refractivity contribution in [2.75, 3.05) is 19.6 Å². The van der Waals surface area contributed by atoms with E-state index >= 15 is 0 Å². The zero-order valence-corrected chi connectivity index (χ0v) is 8.05. The molecule has 0 aromatic carbocycles. The van der Waals surface area contributed by atoms with Crippen LogP contribution in [0.25, 0.3) is 0 Å². The fourth-order valence-electron chi connectivity index (χ4n) is 1.64. The zero-order chi connectivity index (χ0) is 8.81. The van der Waals surface area contributed by atoms with Crippen LogP contribution in [0.2, 0.25) is 0 Å². The number of terminal acetylenes is 1. The van der Waals surface area contributed by atoms with Crippen molar-refractivity contribution < 1.29 is 0 Å². The summed E-state index contributed by atoms with van der Waals surface area (Å²) in [5, 5.41) is 0. The molecule has 0 bridgehead atoms. The van der Waals surface area contributed by atoms with Crippen molar-refractivity contribution in [3.8, 4) is 12.3 Å². The van der Waals surface area contributed by atoms with Crippen LogP contribution in [0.3, 0.4) is 0 Å². The molecule has 1 nitrogen and oxygen atoms in total. The smallest absolute Gasteiger partial charge is 0.0214 e. The van der Waals surface area contributed by atoms with Crippen LogP contribution in [-0.2, 0) is 0 Å². The third kappa shape index (κ3) is 2.87. The van der Waals surface area contributed by atoms with Crippen LogP contribution in [0.4, 0.5) is 0 Å². The highest BCUT2D eigenvalue weighted by Crippen LogP contribution is 2.26. The van der Waals surface area contributed by atoms with E-state index in [9.17, 15) is 0 Å². The van der Waals surface area contributed by atoms with Crippen LogP contribution in [0, 0.1) is 18.3 Å². The lowest BCUT2D eigenvalue weighted by Gasteiger charge is -2.31. The zero-order valence-electron chi connectivity index (χ0n) is 8.05. The van der Waals surface area contributed by atoms with Gasteiger partial charge < -0.3 is 4.90 Å². The predicted molar refractivity (Wildman–Crippen MR) is 52.9 cm³/mol. The van der Waals surface area contributed by atoms with Crippen LogP contribution in [0.15, 0.2) is 0 Å². The summed E-state index contributed by atoms with van der Waals surface area (Å²) in [7, 11) is 0. The van der Waals surface area contributed by atoms with E-state index < -0.39 is 0 Å². The first kappa shape index (κ1) is 9.61. The van der Waals surface area contributed by atoms with E-state index in [0.29, 0.717) is 0 Å². The molecule has 1 rings (SSSR count). The summed E-state index contributed by atoms with van der Waals surface area (Å²) in [4.78, 5) is 2.48. The molecule has 1 aliphatic rings. The Morgan fingerprint density at radius 2 is 2.25 bits per heavy atom. The van der Waals surface area contributed by atoms with Crippen LogP contribution in [-0.4, -0.2) is 24.5 Å². The van der Waals surface area contributed by atoms with E-state index in [4.69, 9.17) is 6.42 Å². The van der Waals surface area contributed by atoms with E-state index in [0.717, 1.165) is 25.4 Å². The Bertz CT molecular complexity index is 153.